The van der Waals surface area contributed by atoms with Crippen molar-refractivity contribution < 1.29 is 14.3 Å². The Balaban J connectivity index is 1.27. The lowest BCUT2D eigenvalue weighted by atomic mass is 9.91. The second-order valence-electron chi connectivity index (χ2n) is 10.0. The van der Waals surface area contributed by atoms with Gasteiger partial charge >= 0.3 is 6.09 Å². The summed E-state index contributed by atoms with van der Waals surface area (Å²) in [6.07, 6.45) is 11.7. The summed E-state index contributed by atoms with van der Waals surface area (Å²) in [4.78, 5) is 28.2. The lowest BCUT2D eigenvalue weighted by Gasteiger charge is -2.37. The Hall–Kier alpha value is -3.93. The van der Waals surface area contributed by atoms with Crippen molar-refractivity contribution in [1.82, 2.24) is 14.7 Å². The number of aryl methyl sites for hydroxylation is 1. The summed E-state index contributed by atoms with van der Waals surface area (Å²) in [5.74, 6) is 0.0312. The summed E-state index contributed by atoms with van der Waals surface area (Å²) < 4.78 is 6.78. The van der Waals surface area contributed by atoms with Crippen LogP contribution < -0.4 is 0 Å². The number of aromatic nitrogens is 2. The molecule has 0 bridgehead atoms. The Bertz CT molecular complexity index is 1320. The van der Waals surface area contributed by atoms with Gasteiger partial charge in [-0.05, 0) is 80.3 Å². The first-order chi connectivity index (χ1) is 18.0. The van der Waals surface area contributed by atoms with E-state index in [0.29, 0.717) is 12.0 Å². The van der Waals surface area contributed by atoms with Gasteiger partial charge in [-0.3, -0.25) is 4.79 Å². The summed E-state index contributed by atoms with van der Waals surface area (Å²) in [5.41, 5.74) is 5.83. The maximum absolute atomic E-state index is 13.6. The number of rotatable bonds is 6. The van der Waals surface area contributed by atoms with E-state index in [0.717, 1.165) is 53.6 Å². The number of fused-ring (bicyclic) bond motifs is 1. The van der Waals surface area contributed by atoms with Gasteiger partial charge in [-0.2, -0.15) is 9.78 Å². The second kappa shape index (κ2) is 11.0. The van der Waals surface area contributed by atoms with Crippen LogP contribution in [0.2, 0.25) is 0 Å². The molecule has 0 aliphatic heterocycles. The highest BCUT2D eigenvalue weighted by Crippen LogP contribution is 2.27. The zero-order valence-electron chi connectivity index (χ0n) is 21.5. The number of allylic oxidation sites excluding steroid dienone is 2. The summed E-state index contributed by atoms with van der Waals surface area (Å²) in [7, 11) is 0. The van der Waals surface area contributed by atoms with Gasteiger partial charge in [0.15, 0.2) is 0 Å². The molecule has 0 saturated heterocycles. The van der Waals surface area contributed by atoms with Gasteiger partial charge in [0.25, 0.3) is 5.91 Å². The van der Waals surface area contributed by atoms with Crippen LogP contribution in [0.15, 0.2) is 84.6 Å². The van der Waals surface area contributed by atoms with Gasteiger partial charge < -0.3 is 9.64 Å². The summed E-state index contributed by atoms with van der Waals surface area (Å²) in [6, 6.07) is 18.1. The molecule has 0 saturated carbocycles. The van der Waals surface area contributed by atoms with Gasteiger partial charge in [-0.25, -0.2) is 4.79 Å². The van der Waals surface area contributed by atoms with Gasteiger partial charge in [0.1, 0.15) is 6.61 Å². The van der Waals surface area contributed by atoms with Crippen LogP contribution in [0, 0.1) is 0 Å². The van der Waals surface area contributed by atoms with Gasteiger partial charge in [0.05, 0.1) is 5.69 Å². The van der Waals surface area contributed by atoms with E-state index in [1.54, 1.807) is 6.20 Å². The number of carbonyl (C=O) groups excluding carboxylic acids is 2. The first-order valence-electron chi connectivity index (χ1n) is 13.1. The highest BCUT2D eigenvalue weighted by molar-refractivity contribution is 5.95. The molecule has 2 aliphatic rings. The Morgan fingerprint density at radius 1 is 1.05 bits per heavy atom. The smallest absolute Gasteiger partial charge is 0.435 e. The predicted molar refractivity (Wildman–Crippen MR) is 144 cm³/mol. The fourth-order valence-electron chi connectivity index (χ4n) is 5.21. The molecule has 6 heteroatoms. The molecule has 0 fully saturated rings. The summed E-state index contributed by atoms with van der Waals surface area (Å²) >= 11 is 0. The van der Waals surface area contributed by atoms with E-state index in [4.69, 9.17) is 4.74 Å². The average Bonchev–Trinajstić information content (AvgIpc) is 3.36. The van der Waals surface area contributed by atoms with Crippen molar-refractivity contribution in [2.24, 2.45) is 0 Å². The molecule has 6 nitrogen and oxygen atoms in total. The van der Waals surface area contributed by atoms with Crippen LogP contribution in [0.3, 0.4) is 0 Å². The third-order valence-corrected chi connectivity index (χ3v) is 7.09. The lowest BCUT2D eigenvalue weighted by molar-refractivity contribution is 0.0588. The van der Waals surface area contributed by atoms with Crippen LogP contribution in [-0.2, 0) is 17.6 Å². The van der Waals surface area contributed by atoms with Crippen LogP contribution in [0.25, 0.3) is 11.1 Å². The van der Waals surface area contributed by atoms with Crippen molar-refractivity contribution in [3.8, 4) is 11.1 Å². The van der Waals surface area contributed by atoms with Crippen LogP contribution in [0.1, 0.15) is 54.7 Å². The number of carbonyl (C=O) groups is 2. The van der Waals surface area contributed by atoms with Crippen molar-refractivity contribution in [2.75, 3.05) is 6.61 Å². The van der Waals surface area contributed by atoms with E-state index in [1.807, 2.05) is 53.4 Å². The normalized spacial score (nSPS) is 16.7. The minimum Gasteiger partial charge on any atom is -0.443 e. The van der Waals surface area contributed by atoms with Gasteiger partial charge in [0, 0.05) is 23.8 Å². The molecule has 2 aromatic carbocycles. The SMILES string of the molecule is CC(C)N(C(=O)c1ccc(-c2ccccc2)cc1)C1CCc2nn(C(=O)OCC3=CCCC=C3)cc2C1. The highest BCUT2D eigenvalue weighted by Gasteiger charge is 2.32. The standard InChI is InChI=1S/C31H33N3O3/c1-22(2)34(30(35)26-15-13-25(14-16-26)24-11-7-4-8-12-24)28-17-18-29-27(19-28)20-33(32-29)31(36)37-21-23-9-5-3-6-10-23/h4-5,7-16,20,22,28H,3,6,17-19,21H2,1-2H3. The summed E-state index contributed by atoms with van der Waals surface area (Å²) in [5, 5.41) is 4.50. The first kappa shape index (κ1) is 24.8. The van der Waals surface area contributed by atoms with Crippen LogP contribution in [0.5, 0.6) is 0 Å². The van der Waals surface area contributed by atoms with Crippen LogP contribution >= 0.6 is 0 Å². The van der Waals surface area contributed by atoms with E-state index in [1.165, 1.54) is 4.68 Å². The van der Waals surface area contributed by atoms with Crippen molar-refractivity contribution in [1.29, 1.82) is 0 Å². The molecule has 1 atom stereocenters. The molecule has 190 valence electrons. The van der Waals surface area contributed by atoms with Crippen LogP contribution in [-0.4, -0.2) is 45.4 Å². The Kier molecular flexibility index (Phi) is 7.35. The van der Waals surface area contributed by atoms with E-state index in [2.05, 4.69) is 43.2 Å². The maximum atomic E-state index is 13.6. The molecule has 1 heterocycles. The molecule has 0 N–H and O–H groups in total. The van der Waals surface area contributed by atoms with Crippen molar-refractivity contribution in [3.63, 3.8) is 0 Å². The number of hydrogen-bond acceptors (Lipinski definition) is 4. The number of benzene rings is 2. The molecule has 0 radical (unpaired) electrons. The van der Waals surface area contributed by atoms with E-state index >= 15 is 0 Å². The maximum Gasteiger partial charge on any atom is 0.435 e. The molecule has 1 aromatic heterocycles. The molecular weight excluding hydrogens is 462 g/mol. The number of ether oxygens (including phenoxy) is 1. The third-order valence-electron chi connectivity index (χ3n) is 7.09. The number of nitrogens with zero attached hydrogens (tertiary/aromatic N) is 3. The predicted octanol–water partition coefficient (Wildman–Crippen LogP) is 6.22. The minimum absolute atomic E-state index is 0.0312. The van der Waals surface area contributed by atoms with Gasteiger partial charge in [0.2, 0.25) is 0 Å². The van der Waals surface area contributed by atoms with E-state index < -0.39 is 6.09 Å². The molecule has 3 aromatic rings. The van der Waals surface area contributed by atoms with Gasteiger partial charge in [-0.15, -0.1) is 0 Å². The fraction of sp³-hybridized carbons (Fsp3) is 0.323. The topological polar surface area (TPSA) is 64.4 Å². The first-order valence-corrected chi connectivity index (χ1v) is 13.1. The monoisotopic (exact) mass is 495 g/mol. The lowest BCUT2D eigenvalue weighted by Crippen LogP contribution is -2.47. The molecule has 0 spiro atoms. The van der Waals surface area contributed by atoms with Crippen molar-refractivity contribution in [3.05, 3.63) is 101 Å². The molecule has 37 heavy (non-hydrogen) atoms. The third kappa shape index (κ3) is 5.58. The molecule has 1 amide bonds. The summed E-state index contributed by atoms with van der Waals surface area (Å²) in [6.45, 7) is 4.36. The second-order valence-corrected chi connectivity index (χ2v) is 10.0. The largest absolute Gasteiger partial charge is 0.443 e. The zero-order chi connectivity index (χ0) is 25.8. The van der Waals surface area contributed by atoms with E-state index in [9.17, 15) is 9.59 Å². The zero-order valence-corrected chi connectivity index (χ0v) is 21.5. The van der Waals surface area contributed by atoms with Crippen LogP contribution in [0.4, 0.5) is 4.79 Å². The van der Waals surface area contributed by atoms with Gasteiger partial charge in [-0.1, -0.05) is 60.7 Å². The van der Waals surface area contributed by atoms with Crippen molar-refractivity contribution in [2.45, 2.75) is 58.0 Å². The molecule has 5 rings (SSSR count). The number of amides is 1. The quantitative estimate of drug-likeness (QED) is 0.407. The van der Waals surface area contributed by atoms with E-state index in [-0.39, 0.29) is 24.6 Å². The highest BCUT2D eigenvalue weighted by atomic mass is 16.6. The van der Waals surface area contributed by atoms with Crippen molar-refractivity contribution >= 4 is 12.0 Å². The molecule has 1 unspecified atom stereocenters. The minimum atomic E-state index is -0.471. The average molecular weight is 496 g/mol. The fourth-order valence-corrected chi connectivity index (χ4v) is 5.21. The Labute approximate surface area is 218 Å². The molecular formula is C31H33N3O3. The molecule has 2 aliphatic carbocycles. The number of hydrogen-bond donors (Lipinski definition) is 0. The Morgan fingerprint density at radius 3 is 2.51 bits per heavy atom. The Morgan fingerprint density at radius 2 is 1.81 bits per heavy atom.